The Labute approximate surface area is 127 Å². The quantitative estimate of drug-likeness (QED) is 0.791. The molecule has 0 atom stereocenters. The zero-order chi connectivity index (χ0) is 15.6. The van der Waals surface area contributed by atoms with Crippen molar-refractivity contribution >= 4 is 17.9 Å². The van der Waals surface area contributed by atoms with E-state index in [0.29, 0.717) is 39.3 Å². The largest absolute Gasteiger partial charge is 0.494 e. The number of halogens is 2. The van der Waals surface area contributed by atoms with Crippen LogP contribution in [0, 0.1) is 12.7 Å². The molecular weight excluding hydrogens is 295 g/mol. The topological polar surface area (TPSA) is 35.5 Å². The van der Waals surface area contributed by atoms with E-state index in [2.05, 4.69) is 0 Å². The predicted octanol–water partition coefficient (Wildman–Crippen LogP) is 4.28. The van der Waals surface area contributed by atoms with Gasteiger partial charge in [0, 0.05) is 0 Å². The Morgan fingerprint density at radius 3 is 2.43 bits per heavy atom. The van der Waals surface area contributed by atoms with Gasteiger partial charge in [-0.25, -0.2) is 4.39 Å². The van der Waals surface area contributed by atoms with Crippen LogP contribution < -0.4 is 9.47 Å². The normalized spacial score (nSPS) is 10.3. The van der Waals surface area contributed by atoms with Crippen LogP contribution in [0.1, 0.15) is 15.9 Å². The number of methoxy groups -OCH3 is 2. The molecule has 5 heteroatoms. The third kappa shape index (κ3) is 2.72. The van der Waals surface area contributed by atoms with Gasteiger partial charge in [-0.1, -0.05) is 17.7 Å². The van der Waals surface area contributed by atoms with Gasteiger partial charge in [0.2, 0.25) is 0 Å². The van der Waals surface area contributed by atoms with E-state index < -0.39 is 5.82 Å². The van der Waals surface area contributed by atoms with Gasteiger partial charge in [-0.15, -0.1) is 0 Å². The number of hydrogen-bond donors (Lipinski definition) is 0. The molecular formula is C16H14ClFO3. The lowest BCUT2D eigenvalue weighted by Crippen LogP contribution is -1.98. The molecule has 0 radical (unpaired) electrons. The van der Waals surface area contributed by atoms with E-state index in [4.69, 9.17) is 21.1 Å². The molecule has 0 fully saturated rings. The maximum absolute atomic E-state index is 13.8. The Kier molecular flexibility index (Phi) is 4.48. The van der Waals surface area contributed by atoms with E-state index >= 15 is 0 Å². The molecule has 2 aromatic rings. The van der Waals surface area contributed by atoms with E-state index in [0.717, 1.165) is 0 Å². The molecule has 0 saturated heterocycles. The molecule has 0 aliphatic heterocycles. The fraction of sp³-hybridized carbons (Fsp3) is 0.188. The highest BCUT2D eigenvalue weighted by molar-refractivity contribution is 6.33. The Morgan fingerprint density at radius 2 is 1.90 bits per heavy atom. The molecule has 0 heterocycles. The monoisotopic (exact) mass is 308 g/mol. The number of carbonyl (C=O) groups is 1. The molecule has 110 valence electrons. The third-order valence-electron chi connectivity index (χ3n) is 3.33. The summed E-state index contributed by atoms with van der Waals surface area (Å²) in [6.07, 6.45) is 0.684. The molecule has 0 N–H and O–H groups in total. The number of benzene rings is 2. The summed E-state index contributed by atoms with van der Waals surface area (Å²) >= 11 is 6.13. The predicted molar refractivity (Wildman–Crippen MR) is 80.1 cm³/mol. The first-order valence-corrected chi connectivity index (χ1v) is 6.57. The van der Waals surface area contributed by atoms with Crippen molar-refractivity contribution in [1.82, 2.24) is 0 Å². The molecule has 2 rings (SSSR count). The van der Waals surface area contributed by atoms with Crippen molar-refractivity contribution in [3.8, 4) is 22.6 Å². The van der Waals surface area contributed by atoms with Crippen LogP contribution in [0.15, 0.2) is 24.3 Å². The number of rotatable bonds is 4. The first-order chi connectivity index (χ1) is 10.0. The lowest BCUT2D eigenvalue weighted by atomic mass is 9.96. The zero-order valence-electron chi connectivity index (χ0n) is 11.9. The summed E-state index contributed by atoms with van der Waals surface area (Å²) in [6.45, 7) is 1.76. The zero-order valence-corrected chi connectivity index (χ0v) is 12.6. The van der Waals surface area contributed by atoms with Gasteiger partial charge < -0.3 is 9.47 Å². The average Bonchev–Trinajstić information content (AvgIpc) is 2.48. The molecule has 0 unspecified atom stereocenters. The molecule has 0 aromatic heterocycles. The molecule has 3 nitrogen and oxygen atoms in total. The van der Waals surface area contributed by atoms with Gasteiger partial charge in [0.1, 0.15) is 5.75 Å². The van der Waals surface area contributed by atoms with Crippen LogP contribution in [0.5, 0.6) is 11.5 Å². The van der Waals surface area contributed by atoms with Gasteiger partial charge in [0.25, 0.3) is 0 Å². The smallest absolute Gasteiger partial charge is 0.165 e. The highest BCUT2D eigenvalue weighted by Gasteiger charge is 2.16. The summed E-state index contributed by atoms with van der Waals surface area (Å²) in [5.74, 6) is 0.00233. The van der Waals surface area contributed by atoms with Crippen molar-refractivity contribution in [3.63, 3.8) is 0 Å². The fourth-order valence-corrected chi connectivity index (χ4v) is 2.52. The van der Waals surface area contributed by atoms with Crippen molar-refractivity contribution in [2.75, 3.05) is 14.2 Å². The van der Waals surface area contributed by atoms with Crippen LogP contribution in [-0.4, -0.2) is 20.5 Å². The Balaban J connectivity index is 2.67. The second kappa shape index (κ2) is 6.14. The summed E-state index contributed by atoms with van der Waals surface area (Å²) in [6, 6.07) is 6.24. The van der Waals surface area contributed by atoms with Gasteiger partial charge >= 0.3 is 0 Å². The van der Waals surface area contributed by atoms with E-state index in [1.165, 1.54) is 26.4 Å². The summed E-state index contributed by atoms with van der Waals surface area (Å²) < 4.78 is 23.9. The summed E-state index contributed by atoms with van der Waals surface area (Å²) in [5.41, 5.74) is 2.31. The first kappa shape index (κ1) is 15.3. The maximum atomic E-state index is 13.8. The first-order valence-electron chi connectivity index (χ1n) is 6.19. The Bertz CT molecular complexity index is 698. The van der Waals surface area contributed by atoms with Crippen LogP contribution in [-0.2, 0) is 0 Å². The van der Waals surface area contributed by atoms with Crippen molar-refractivity contribution in [2.24, 2.45) is 0 Å². The van der Waals surface area contributed by atoms with Crippen molar-refractivity contribution in [2.45, 2.75) is 6.92 Å². The summed E-state index contributed by atoms with van der Waals surface area (Å²) in [4.78, 5) is 11.3. The van der Waals surface area contributed by atoms with Crippen LogP contribution in [0.25, 0.3) is 11.1 Å². The molecule has 0 saturated carbocycles. The van der Waals surface area contributed by atoms with Gasteiger partial charge in [0.05, 0.1) is 24.8 Å². The molecule has 21 heavy (non-hydrogen) atoms. The van der Waals surface area contributed by atoms with E-state index in [-0.39, 0.29) is 5.75 Å². The second-order valence-corrected chi connectivity index (χ2v) is 4.85. The van der Waals surface area contributed by atoms with E-state index in [1.807, 2.05) is 0 Å². The van der Waals surface area contributed by atoms with Crippen LogP contribution in [0.2, 0.25) is 5.02 Å². The second-order valence-electron chi connectivity index (χ2n) is 4.45. The lowest BCUT2D eigenvalue weighted by Gasteiger charge is -2.14. The summed E-state index contributed by atoms with van der Waals surface area (Å²) in [5, 5.41) is 0.302. The molecule has 0 amide bonds. The van der Waals surface area contributed by atoms with E-state index in [9.17, 15) is 9.18 Å². The van der Waals surface area contributed by atoms with Crippen LogP contribution in [0.4, 0.5) is 4.39 Å². The Morgan fingerprint density at radius 1 is 1.19 bits per heavy atom. The van der Waals surface area contributed by atoms with E-state index in [1.54, 1.807) is 19.1 Å². The van der Waals surface area contributed by atoms with Gasteiger partial charge in [-0.3, -0.25) is 4.79 Å². The lowest BCUT2D eigenvalue weighted by molar-refractivity contribution is 0.112. The fourth-order valence-electron chi connectivity index (χ4n) is 2.23. The van der Waals surface area contributed by atoms with Crippen LogP contribution in [0.3, 0.4) is 0 Å². The average molecular weight is 309 g/mol. The summed E-state index contributed by atoms with van der Waals surface area (Å²) in [7, 11) is 2.85. The number of aldehydes is 1. The van der Waals surface area contributed by atoms with Gasteiger partial charge in [-0.05, 0) is 41.8 Å². The van der Waals surface area contributed by atoms with Gasteiger partial charge in [-0.2, -0.15) is 0 Å². The molecule has 0 spiro atoms. The standard InChI is InChI=1S/C16H14ClFO3/c1-9-11(7-13(17)16(21-3)12(9)8-19)10-4-5-15(20-2)14(18)6-10/h4-8H,1-3H3. The Hall–Kier alpha value is -2.07. The molecule has 2 aromatic carbocycles. The molecule has 0 aliphatic carbocycles. The highest BCUT2D eigenvalue weighted by atomic mass is 35.5. The van der Waals surface area contributed by atoms with Crippen molar-refractivity contribution < 1.29 is 18.7 Å². The maximum Gasteiger partial charge on any atom is 0.165 e. The van der Waals surface area contributed by atoms with Gasteiger partial charge in [0.15, 0.2) is 17.9 Å². The SMILES string of the molecule is COc1ccc(-c2cc(Cl)c(OC)c(C=O)c2C)cc1F. The molecule has 0 aliphatic rings. The number of hydrogen-bond acceptors (Lipinski definition) is 3. The minimum Gasteiger partial charge on any atom is -0.494 e. The van der Waals surface area contributed by atoms with Crippen molar-refractivity contribution in [1.29, 1.82) is 0 Å². The minimum absolute atomic E-state index is 0.159. The number of carbonyl (C=O) groups excluding carboxylic acids is 1. The molecule has 0 bridgehead atoms. The number of ether oxygens (including phenoxy) is 2. The highest BCUT2D eigenvalue weighted by Crippen LogP contribution is 2.37. The minimum atomic E-state index is -0.478. The van der Waals surface area contributed by atoms with Crippen molar-refractivity contribution in [3.05, 3.63) is 46.2 Å². The third-order valence-corrected chi connectivity index (χ3v) is 3.61. The van der Waals surface area contributed by atoms with Crippen LogP contribution >= 0.6 is 11.6 Å².